The van der Waals surface area contributed by atoms with Crippen LogP contribution in [-0.4, -0.2) is 35.1 Å². The Morgan fingerprint density at radius 1 is 1.12 bits per heavy atom. The molecule has 1 fully saturated rings. The lowest BCUT2D eigenvalue weighted by Gasteiger charge is -2.27. The Hall–Kier alpha value is -3.24. The number of halogens is 4. The summed E-state index contributed by atoms with van der Waals surface area (Å²) in [6.45, 7) is 1.74. The van der Waals surface area contributed by atoms with Gasteiger partial charge >= 0.3 is 6.18 Å². The van der Waals surface area contributed by atoms with E-state index in [1.54, 1.807) is 6.07 Å². The molecule has 0 aliphatic carbocycles. The van der Waals surface area contributed by atoms with Crippen LogP contribution in [0.15, 0.2) is 48.7 Å². The largest absolute Gasteiger partial charge is 0.421 e. The SMILES string of the molecule is CN1CCc2cc(F)c(Nc3ncc(C(F)(F)F)c(N4OCC[C@H]4c4ccccc4)n3)cc2C1. The van der Waals surface area contributed by atoms with Gasteiger partial charge in [0.15, 0.2) is 5.82 Å². The molecular weight excluding hydrogens is 450 g/mol. The minimum atomic E-state index is -4.69. The van der Waals surface area contributed by atoms with Gasteiger partial charge in [-0.2, -0.15) is 18.2 Å². The Bertz CT molecular complexity index is 1190. The Kier molecular flexibility index (Phi) is 5.86. The molecule has 34 heavy (non-hydrogen) atoms. The summed E-state index contributed by atoms with van der Waals surface area (Å²) < 4.78 is 56.3. The van der Waals surface area contributed by atoms with E-state index in [1.807, 2.05) is 37.4 Å². The number of likely N-dealkylation sites (N-methyl/N-ethyl adjacent to an activating group) is 1. The molecule has 1 N–H and O–H groups in total. The van der Waals surface area contributed by atoms with Crippen molar-refractivity contribution in [2.45, 2.75) is 31.6 Å². The van der Waals surface area contributed by atoms with Crippen molar-refractivity contribution in [2.75, 3.05) is 30.6 Å². The Balaban J connectivity index is 1.51. The first-order valence-electron chi connectivity index (χ1n) is 11.0. The van der Waals surface area contributed by atoms with Gasteiger partial charge in [-0.15, -0.1) is 0 Å². The first kappa shape index (κ1) is 22.5. The summed E-state index contributed by atoms with van der Waals surface area (Å²) in [5.74, 6) is -1.06. The highest BCUT2D eigenvalue weighted by Gasteiger charge is 2.40. The molecule has 0 saturated carbocycles. The maximum Gasteiger partial charge on any atom is 0.421 e. The number of nitrogens with zero attached hydrogens (tertiary/aromatic N) is 4. The van der Waals surface area contributed by atoms with Crippen molar-refractivity contribution in [3.05, 3.63) is 76.7 Å². The molecule has 178 valence electrons. The van der Waals surface area contributed by atoms with Crippen LogP contribution >= 0.6 is 0 Å². The van der Waals surface area contributed by atoms with Gasteiger partial charge in [0, 0.05) is 25.7 Å². The molecule has 2 aliphatic heterocycles. The molecule has 3 heterocycles. The average molecular weight is 473 g/mol. The predicted octanol–water partition coefficient (Wildman–Crippen LogP) is 5.25. The fraction of sp³-hybridized carbons (Fsp3) is 0.333. The van der Waals surface area contributed by atoms with Crippen LogP contribution in [0.5, 0.6) is 0 Å². The average Bonchev–Trinajstić information content (AvgIpc) is 3.30. The van der Waals surface area contributed by atoms with Gasteiger partial charge in [-0.3, -0.25) is 4.84 Å². The Morgan fingerprint density at radius 2 is 1.91 bits per heavy atom. The van der Waals surface area contributed by atoms with Gasteiger partial charge in [0.05, 0.1) is 18.3 Å². The molecule has 2 aliphatic rings. The summed E-state index contributed by atoms with van der Waals surface area (Å²) in [6.07, 6.45) is -2.75. The second-order valence-electron chi connectivity index (χ2n) is 8.52. The molecule has 1 saturated heterocycles. The fourth-order valence-corrected chi connectivity index (χ4v) is 4.39. The van der Waals surface area contributed by atoms with Gasteiger partial charge in [-0.1, -0.05) is 30.3 Å². The molecule has 0 radical (unpaired) electrons. The lowest BCUT2D eigenvalue weighted by Crippen LogP contribution is -2.27. The lowest BCUT2D eigenvalue weighted by atomic mass is 9.99. The molecule has 6 nitrogen and oxygen atoms in total. The zero-order chi connectivity index (χ0) is 23.9. The van der Waals surface area contributed by atoms with Gasteiger partial charge < -0.3 is 10.2 Å². The van der Waals surface area contributed by atoms with Gasteiger partial charge in [0.2, 0.25) is 5.95 Å². The van der Waals surface area contributed by atoms with Crippen molar-refractivity contribution in [3.8, 4) is 0 Å². The van der Waals surface area contributed by atoms with Crippen LogP contribution in [0.25, 0.3) is 0 Å². The number of hydroxylamine groups is 1. The fourth-order valence-electron chi connectivity index (χ4n) is 4.39. The normalized spacial score (nSPS) is 18.7. The van der Waals surface area contributed by atoms with Crippen molar-refractivity contribution in [1.29, 1.82) is 0 Å². The molecule has 3 aromatic rings. The quantitative estimate of drug-likeness (QED) is 0.523. The number of aromatic nitrogens is 2. The smallest absolute Gasteiger partial charge is 0.322 e. The number of hydrogen-bond donors (Lipinski definition) is 1. The highest BCUT2D eigenvalue weighted by molar-refractivity contribution is 5.60. The Morgan fingerprint density at radius 3 is 2.68 bits per heavy atom. The zero-order valence-electron chi connectivity index (χ0n) is 18.4. The Labute approximate surface area is 194 Å². The van der Waals surface area contributed by atoms with Crippen LogP contribution < -0.4 is 10.4 Å². The molecule has 1 atom stereocenters. The highest BCUT2D eigenvalue weighted by Crippen LogP contribution is 2.41. The molecule has 5 rings (SSSR count). The number of hydrogen-bond acceptors (Lipinski definition) is 6. The van der Waals surface area contributed by atoms with E-state index < -0.39 is 29.4 Å². The third-order valence-corrected chi connectivity index (χ3v) is 6.11. The summed E-state index contributed by atoms with van der Waals surface area (Å²) in [5, 5.41) is 3.95. The third-order valence-electron chi connectivity index (χ3n) is 6.11. The maximum atomic E-state index is 14.8. The second kappa shape index (κ2) is 8.84. The van der Waals surface area contributed by atoms with Crippen molar-refractivity contribution >= 4 is 17.5 Å². The first-order valence-corrected chi connectivity index (χ1v) is 11.0. The van der Waals surface area contributed by atoms with Crippen molar-refractivity contribution in [2.24, 2.45) is 0 Å². The molecule has 10 heteroatoms. The molecule has 0 bridgehead atoms. The maximum absolute atomic E-state index is 14.8. The van der Waals surface area contributed by atoms with E-state index >= 15 is 0 Å². The van der Waals surface area contributed by atoms with Crippen LogP contribution in [0.1, 0.15) is 34.7 Å². The zero-order valence-corrected chi connectivity index (χ0v) is 18.4. The van der Waals surface area contributed by atoms with Crippen molar-refractivity contribution in [1.82, 2.24) is 14.9 Å². The standard InChI is InChI=1S/C24H23F4N5O/c1-32-9-7-16-11-19(25)20(12-17(16)14-32)30-23-29-13-18(24(26,27)28)22(31-23)33-21(8-10-34-33)15-5-3-2-4-6-15/h2-6,11-13,21H,7-10,14H2,1H3,(H,29,30,31)/t21-/m0/s1. The van der Waals surface area contributed by atoms with Crippen LogP contribution in [0, 0.1) is 5.82 Å². The van der Waals surface area contributed by atoms with E-state index in [0.717, 1.165) is 29.7 Å². The lowest BCUT2D eigenvalue weighted by molar-refractivity contribution is -0.138. The summed E-state index contributed by atoms with van der Waals surface area (Å²) >= 11 is 0. The first-order chi connectivity index (χ1) is 16.3. The molecule has 0 unspecified atom stereocenters. The second-order valence-corrected chi connectivity index (χ2v) is 8.52. The summed E-state index contributed by atoms with van der Waals surface area (Å²) in [7, 11) is 1.98. The number of rotatable bonds is 4. The van der Waals surface area contributed by atoms with Crippen molar-refractivity contribution in [3.63, 3.8) is 0 Å². The summed E-state index contributed by atoms with van der Waals surface area (Å²) in [4.78, 5) is 15.7. The van der Waals surface area contributed by atoms with E-state index in [0.29, 0.717) is 19.2 Å². The number of fused-ring (bicyclic) bond motifs is 1. The predicted molar refractivity (Wildman–Crippen MR) is 119 cm³/mol. The van der Waals surface area contributed by atoms with Gasteiger partial charge in [-0.05, 0) is 42.3 Å². The summed E-state index contributed by atoms with van der Waals surface area (Å²) in [6, 6.07) is 11.8. The number of alkyl halides is 3. The molecule has 0 spiro atoms. The van der Waals surface area contributed by atoms with Gasteiger partial charge in [0.25, 0.3) is 0 Å². The van der Waals surface area contributed by atoms with E-state index in [1.165, 1.54) is 11.1 Å². The van der Waals surface area contributed by atoms with Crippen molar-refractivity contribution < 1.29 is 22.4 Å². The minimum absolute atomic E-state index is 0.113. The van der Waals surface area contributed by atoms with E-state index in [9.17, 15) is 17.6 Å². The topological polar surface area (TPSA) is 53.5 Å². The van der Waals surface area contributed by atoms with Crippen LogP contribution in [0.2, 0.25) is 0 Å². The number of benzene rings is 2. The molecular formula is C24H23F4N5O. The monoisotopic (exact) mass is 473 g/mol. The molecule has 1 aromatic heterocycles. The number of nitrogens with one attached hydrogen (secondary N) is 1. The molecule has 0 amide bonds. The third kappa shape index (κ3) is 4.43. The summed E-state index contributed by atoms with van der Waals surface area (Å²) in [5.41, 5.74) is 1.78. The molecule has 2 aromatic carbocycles. The van der Waals surface area contributed by atoms with E-state index in [2.05, 4.69) is 20.2 Å². The minimum Gasteiger partial charge on any atom is -0.322 e. The van der Waals surface area contributed by atoms with Crippen LogP contribution in [0.3, 0.4) is 0 Å². The van der Waals surface area contributed by atoms with E-state index in [-0.39, 0.29) is 18.2 Å². The highest BCUT2D eigenvalue weighted by atomic mass is 19.4. The van der Waals surface area contributed by atoms with Gasteiger partial charge in [-0.25, -0.2) is 14.4 Å². The van der Waals surface area contributed by atoms with Crippen LogP contribution in [-0.2, 0) is 24.0 Å². The number of anilines is 3. The van der Waals surface area contributed by atoms with E-state index in [4.69, 9.17) is 4.84 Å². The van der Waals surface area contributed by atoms with Gasteiger partial charge in [0.1, 0.15) is 11.4 Å². The van der Waals surface area contributed by atoms with Crippen LogP contribution in [0.4, 0.5) is 35.0 Å².